The molecule has 0 aromatic rings. The maximum atomic E-state index is 10.4. The molecule has 1 aliphatic carbocycles. The minimum atomic E-state index is -1.19. The summed E-state index contributed by atoms with van der Waals surface area (Å²) in [5.41, 5.74) is 0.348. The Balaban J connectivity index is 1.46. The molecule has 16 heavy (non-hydrogen) atoms. The number of carboxylic acid groups (broad SMARTS) is 1. The lowest BCUT2D eigenvalue weighted by atomic mass is 9.73. The zero-order valence-electron chi connectivity index (χ0n) is 9.39. The summed E-state index contributed by atoms with van der Waals surface area (Å²) in [4.78, 5) is 17.6. The lowest BCUT2D eigenvalue weighted by molar-refractivity contribution is -0.227. The Bertz CT molecular complexity index is 288. The average Bonchev–Trinajstić information content (AvgIpc) is 2.99. The van der Waals surface area contributed by atoms with Crippen molar-refractivity contribution in [1.82, 2.24) is 9.96 Å². The number of piperidine rings is 1. The van der Waals surface area contributed by atoms with Gasteiger partial charge in [-0.3, -0.25) is 0 Å². The summed E-state index contributed by atoms with van der Waals surface area (Å²) in [5.74, 6) is 0. The predicted molar refractivity (Wildman–Crippen MR) is 56.9 cm³/mol. The molecule has 1 N–H and O–H groups in total. The Morgan fingerprint density at radius 2 is 1.88 bits per heavy atom. The van der Waals surface area contributed by atoms with Crippen molar-refractivity contribution in [3.63, 3.8) is 0 Å². The number of hydrogen-bond acceptors (Lipinski definition) is 4. The van der Waals surface area contributed by atoms with Crippen LogP contribution in [0.4, 0.5) is 4.79 Å². The van der Waals surface area contributed by atoms with Gasteiger partial charge in [-0.25, -0.2) is 4.79 Å². The molecule has 0 amide bonds. The van der Waals surface area contributed by atoms with Crippen LogP contribution in [-0.4, -0.2) is 53.4 Å². The molecule has 5 nitrogen and oxygen atoms in total. The highest BCUT2D eigenvalue weighted by atomic mass is 16.8. The summed E-state index contributed by atoms with van der Waals surface area (Å²) in [5, 5.41) is 10.1. The van der Waals surface area contributed by atoms with E-state index in [1.807, 2.05) is 0 Å². The second-order valence-corrected chi connectivity index (χ2v) is 5.42. The third-order valence-electron chi connectivity index (χ3n) is 4.15. The SMILES string of the molecule is O=C(O)ON1CC2(CCN(C3CC3)CC2)C1. The molecule has 0 radical (unpaired) electrons. The molecule has 2 saturated heterocycles. The molecular weight excluding hydrogens is 208 g/mol. The van der Waals surface area contributed by atoms with Gasteiger partial charge in [0.2, 0.25) is 0 Å². The molecule has 0 atom stereocenters. The van der Waals surface area contributed by atoms with E-state index in [2.05, 4.69) is 9.74 Å². The van der Waals surface area contributed by atoms with Gasteiger partial charge >= 0.3 is 6.16 Å². The fourth-order valence-electron chi connectivity index (χ4n) is 3.00. The minimum absolute atomic E-state index is 0.348. The van der Waals surface area contributed by atoms with Gasteiger partial charge in [0.05, 0.1) is 0 Å². The zero-order valence-corrected chi connectivity index (χ0v) is 9.39. The van der Waals surface area contributed by atoms with Crippen LogP contribution in [-0.2, 0) is 4.84 Å². The molecule has 5 heteroatoms. The molecule has 2 heterocycles. The summed E-state index contributed by atoms with van der Waals surface area (Å²) >= 11 is 0. The van der Waals surface area contributed by atoms with Crippen LogP contribution in [0, 0.1) is 5.41 Å². The van der Waals surface area contributed by atoms with Crippen molar-refractivity contribution in [2.75, 3.05) is 26.2 Å². The van der Waals surface area contributed by atoms with Gasteiger partial charge in [0.15, 0.2) is 0 Å². The van der Waals surface area contributed by atoms with Crippen LogP contribution in [0.3, 0.4) is 0 Å². The van der Waals surface area contributed by atoms with Crippen LogP contribution in [0.5, 0.6) is 0 Å². The van der Waals surface area contributed by atoms with Gasteiger partial charge in [-0.05, 0) is 38.8 Å². The summed E-state index contributed by atoms with van der Waals surface area (Å²) in [6.07, 6.45) is 3.96. The fraction of sp³-hybridized carbons (Fsp3) is 0.909. The summed E-state index contributed by atoms with van der Waals surface area (Å²) in [7, 11) is 0. The topological polar surface area (TPSA) is 53.0 Å². The van der Waals surface area contributed by atoms with Crippen molar-refractivity contribution in [3.8, 4) is 0 Å². The third kappa shape index (κ3) is 1.89. The van der Waals surface area contributed by atoms with Crippen LogP contribution in [0.2, 0.25) is 0 Å². The maximum Gasteiger partial charge on any atom is 0.525 e. The third-order valence-corrected chi connectivity index (χ3v) is 4.15. The first-order valence-corrected chi connectivity index (χ1v) is 6.07. The van der Waals surface area contributed by atoms with Crippen molar-refractivity contribution in [3.05, 3.63) is 0 Å². The second kappa shape index (κ2) is 3.60. The zero-order chi connectivity index (χ0) is 11.2. The van der Waals surface area contributed by atoms with Gasteiger partial charge in [-0.15, -0.1) is 5.06 Å². The standard InChI is InChI=1S/C11H18N2O3/c14-10(15)16-13-7-11(8-13)3-5-12(6-4-11)9-1-2-9/h9H,1-8H2,(H,14,15). The smallest absolute Gasteiger partial charge is 0.448 e. The molecule has 3 rings (SSSR count). The van der Waals surface area contributed by atoms with Gasteiger partial charge in [-0.2, -0.15) is 0 Å². The number of hydrogen-bond donors (Lipinski definition) is 1. The lowest BCUT2D eigenvalue weighted by Crippen LogP contribution is -2.60. The highest BCUT2D eigenvalue weighted by Crippen LogP contribution is 2.42. The summed E-state index contributed by atoms with van der Waals surface area (Å²) in [6, 6.07) is 0.865. The van der Waals surface area contributed by atoms with Crippen molar-refractivity contribution in [2.24, 2.45) is 5.41 Å². The fourth-order valence-corrected chi connectivity index (χ4v) is 3.00. The Hall–Kier alpha value is -0.810. The number of nitrogens with zero attached hydrogens (tertiary/aromatic N) is 2. The maximum absolute atomic E-state index is 10.4. The molecule has 0 aromatic heterocycles. The van der Waals surface area contributed by atoms with Crippen LogP contribution >= 0.6 is 0 Å². The first-order chi connectivity index (χ1) is 7.67. The molecule has 3 fully saturated rings. The first kappa shape index (κ1) is 10.4. The van der Waals surface area contributed by atoms with Crippen LogP contribution < -0.4 is 0 Å². The largest absolute Gasteiger partial charge is 0.525 e. The highest BCUT2D eigenvalue weighted by Gasteiger charge is 2.48. The molecule has 0 bridgehead atoms. The first-order valence-electron chi connectivity index (χ1n) is 6.07. The summed E-state index contributed by atoms with van der Waals surface area (Å²) < 4.78 is 0. The van der Waals surface area contributed by atoms with Crippen molar-refractivity contribution >= 4 is 6.16 Å². The minimum Gasteiger partial charge on any atom is -0.448 e. The van der Waals surface area contributed by atoms with E-state index in [0.717, 1.165) is 19.1 Å². The molecule has 0 aromatic carbocycles. The predicted octanol–water partition coefficient (Wildman–Crippen LogP) is 1.16. The second-order valence-electron chi connectivity index (χ2n) is 5.42. The molecule has 2 aliphatic heterocycles. The van der Waals surface area contributed by atoms with Crippen LogP contribution in [0.25, 0.3) is 0 Å². The number of rotatable bonds is 2. The normalized spacial score (nSPS) is 30.0. The quantitative estimate of drug-likeness (QED) is 0.765. The molecule has 1 spiro atoms. The van der Waals surface area contributed by atoms with Gasteiger partial charge in [0.1, 0.15) is 0 Å². The Kier molecular flexibility index (Phi) is 2.33. The molecule has 1 saturated carbocycles. The Labute approximate surface area is 94.9 Å². The monoisotopic (exact) mass is 226 g/mol. The number of likely N-dealkylation sites (tertiary alicyclic amines) is 1. The van der Waals surface area contributed by atoms with Crippen molar-refractivity contribution in [2.45, 2.75) is 31.7 Å². The molecule has 3 aliphatic rings. The van der Waals surface area contributed by atoms with Crippen molar-refractivity contribution in [1.29, 1.82) is 0 Å². The van der Waals surface area contributed by atoms with E-state index in [1.165, 1.54) is 38.8 Å². The van der Waals surface area contributed by atoms with Gasteiger partial charge in [0.25, 0.3) is 0 Å². The van der Waals surface area contributed by atoms with E-state index in [0.29, 0.717) is 5.41 Å². The molecular formula is C11H18N2O3. The van der Waals surface area contributed by atoms with E-state index < -0.39 is 6.16 Å². The lowest BCUT2D eigenvalue weighted by Gasteiger charge is -2.52. The Morgan fingerprint density at radius 1 is 1.25 bits per heavy atom. The number of carbonyl (C=O) groups is 1. The van der Waals surface area contributed by atoms with Gasteiger partial charge < -0.3 is 14.8 Å². The molecule has 0 unspecified atom stereocenters. The molecule has 90 valence electrons. The van der Waals surface area contributed by atoms with E-state index >= 15 is 0 Å². The van der Waals surface area contributed by atoms with Gasteiger partial charge in [0, 0.05) is 24.5 Å². The van der Waals surface area contributed by atoms with Crippen LogP contribution in [0.15, 0.2) is 0 Å². The van der Waals surface area contributed by atoms with Gasteiger partial charge in [-0.1, -0.05) is 0 Å². The van der Waals surface area contributed by atoms with Crippen molar-refractivity contribution < 1.29 is 14.7 Å². The van der Waals surface area contributed by atoms with E-state index in [9.17, 15) is 4.79 Å². The van der Waals surface area contributed by atoms with E-state index in [-0.39, 0.29) is 0 Å². The van der Waals surface area contributed by atoms with Crippen LogP contribution in [0.1, 0.15) is 25.7 Å². The number of hydroxylamine groups is 2. The Morgan fingerprint density at radius 3 is 2.38 bits per heavy atom. The summed E-state index contributed by atoms with van der Waals surface area (Å²) in [6.45, 7) is 3.95. The van der Waals surface area contributed by atoms with E-state index in [1.54, 1.807) is 5.06 Å². The highest BCUT2D eigenvalue weighted by molar-refractivity contribution is 5.56. The van der Waals surface area contributed by atoms with E-state index in [4.69, 9.17) is 5.11 Å². The average molecular weight is 226 g/mol.